The van der Waals surface area contributed by atoms with Gasteiger partial charge in [0.2, 0.25) is 0 Å². The van der Waals surface area contributed by atoms with Crippen LogP contribution in [0.3, 0.4) is 0 Å². The first-order valence-electron chi connectivity index (χ1n) is 9.13. The van der Waals surface area contributed by atoms with Crippen LogP contribution >= 0.6 is 0 Å². The lowest BCUT2D eigenvalue weighted by atomic mass is 10.1. The van der Waals surface area contributed by atoms with Gasteiger partial charge in [-0.2, -0.15) is 0 Å². The van der Waals surface area contributed by atoms with Gasteiger partial charge in [-0.3, -0.25) is 0 Å². The number of hydrogen-bond acceptors (Lipinski definition) is 2. The molecule has 0 aromatic rings. The van der Waals surface area contributed by atoms with Crippen molar-refractivity contribution >= 4 is 12.3 Å². The summed E-state index contributed by atoms with van der Waals surface area (Å²) in [7, 11) is 0. The van der Waals surface area contributed by atoms with Gasteiger partial charge in [-0.05, 0) is 0 Å². The van der Waals surface area contributed by atoms with E-state index < -0.39 is 12.3 Å². The van der Waals surface area contributed by atoms with Crippen LogP contribution in [0.4, 0.5) is 9.59 Å². The Morgan fingerprint density at radius 2 is 0.583 bits per heavy atom. The van der Waals surface area contributed by atoms with Crippen LogP contribution in [-0.2, 0) is 0 Å². The minimum Gasteiger partial charge on any atom is -0.450 e. The van der Waals surface area contributed by atoms with Crippen molar-refractivity contribution in [2.24, 2.45) is 0 Å². The number of rotatable bonds is 10. The number of carboxylic acid groups (broad SMARTS) is 4. The zero-order chi connectivity index (χ0) is 19.6. The highest BCUT2D eigenvalue weighted by atomic mass is 16.6. The van der Waals surface area contributed by atoms with Crippen LogP contribution in [0.5, 0.6) is 0 Å². The fourth-order valence-electron chi connectivity index (χ4n) is 1.71. The summed E-state index contributed by atoms with van der Waals surface area (Å²) in [6.07, 6.45) is 13.3. The van der Waals surface area contributed by atoms with Crippen molar-refractivity contribution in [3.63, 3.8) is 0 Å². The van der Waals surface area contributed by atoms with E-state index in [1.807, 2.05) is 0 Å². The second-order valence-corrected chi connectivity index (χ2v) is 5.39. The van der Waals surface area contributed by atoms with E-state index in [1.165, 1.54) is 77.0 Å². The maximum atomic E-state index is 8.56. The van der Waals surface area contributed by atoms with Gasteiger partial charge in [0.15, 0.2) is 0 Å². The zero-order valence-corrected chi connectivity index (χ0v) is 16.1. The average Bonchev–Trinajstić information content (AvgIpc) is 2.48. The Morgan fingerprint density at radius 3 is 0.667 bits per heavy atom. The van der Waals surface area contributed by atoms with Gasteiger partial charge in [-0.15, -0.1) is 0 Å². The molecule has 0 aliphatic carbocycles. The van der Waals surface area contributed by atoms with E-state index in [2.05, 4.69) is 27.7 Å². The van der Waals surface area contributed by atoms with Crippen molar-refractivity contribution in [2.45, 2.75) is 105 Å². The maximum Gasteiger partial charge on any atom is 0.503 e. The molecule has 0 saturated heterocycles. The Labute approximate surface area is 147 Å². The molecular weight excluding hydrogens is 312 g/mol. The highest BCUT2D eigenvalue weighted by Gasteiger charge is 1.84. The SMILES string of the molecule is CCCCCCCC.CCCCCCCC.O=C(O)O.O=C(O)O. The monoisotopic (exact) mass is 352 g/mol. The molecule has 4 N–H and O–H groups in total. The van der Waals surface area contributed by atoms with Crippen molar-refractivity contribution in [1.29, 1.82) is 0 Å². The van der Waals surface area contributed by atoms with E-state index in [1.54, 1.807) is 0 Å². The molecule has 0 unspecified atom stereocenters. The lowest BCUT2D eigenvalue weighted by Gasteiger charge is -1.93. The Hall–Kier alpha value is -1.46. The summed E-state index contributed by atoms with van der Waals surface area (Å²) in [5, 5.41) is 27.9. The van der Waals surface area contributed by atoms with Gasteiger partial charge in [0.05, 0.1) is 0 Å². The predicted octanol–water partition coefficient (Wildman–Crippen LogP) is 7.18. The van der Waals surface area contributed by atoms with Gasteiger partial charge in [0, 0.05) is 0 Å². The van der Waals surface area contributed by atoms with Crippen molar-refractivity contribution in [2.75, 3.05) is 0 Å². The van der Waals surface area contributed by atoms with E-state index in [9.17, 15) is 0 Å². The number of carbonyl (C=O) groups is 2. The molecular formula is C18H40O6. The summed E-state index contributed by atoms with van der Waals surface area (Å²) in [6.45, 7) is 9.02. The summed E-state index contributed by atoms with van der Waals surface area (Å²) in [5.74, 6) is 0. The molecule has 0 heterocycles. The van der Waals surface area contributed by atoms with E-state index in [4.69, 9.17) is 30.0 Å². The molecule has 0 radical (unpaired) electrons. The molecule has 0 fully saturated rings. The molecule has 0 spiro atoms. The van der Waals surface area contributed by atoms with Crippen molar-refractivity contribution in [3.8, 4) is 0 Å². The molecule has 0 amide bonds. The van der Waals surface area contributed by atoms with Crippen LogP contribution < -0.4 is 0 Å². The Morgan fingerprint density at radius 1 is 0.458 bits per heavy atom. The molecule has 0 aliphatic rings. The summed E-state index contributed by atoms with van der Waals surface area (Å²) in [4.78, 5) is 17.1. The van der Waals surface area contributed by atoms with Crippen LogP contribution in [0.25, 0.3) is 0 Å². The summed E-state index contributed by atoms with van der Waals surface area (Å²) >= 11 is 0. The first-order valence-corrected chi connectivity index (χ1v) is 9.13. The normalized spacial score (nSPS) is 8.50. The van der Waals surface area contributed by atoms with Crippen molar-refractivity contribution in [1.82, 2.24) is 0 Å². The quantitative estimate of drug-likeness (QED) is 0.309. The third-order valence-corrected chi connectivity index (χ3v) is 2.91. The molecule has 0 saturated carbocycles. The lowest BCUT2D eigenvalue weighted by molar-refractivity contribution is 0.135. The molecule has 0 aliphatic heterocycles. The standard InChI is InChI=1S/2C8H18.2CH2O3/c2*1-3-5-7-8-6-4-2;2*2-1(3)4/h2*3-8H2,1-2H3;2*(H2,2,3,4). The van der Waals surface area contributed by atoms with E-state index in [-0.39, 0.29) is 0 Å². The predicted molar refractivity (Wildman–Crippen MR) is 99.4 cm³/mol. The topological polar surface area (TPSA) is 115 Å². The first-order chi connectivity index (χ1) is 11.3. The second-order valence-electron chi connectivity index (χ2n) is 5.39. The molecule has 0 bridgehead atoms. The number of hydrogen-bond donors (Lipinski definition) is 4. The smallest absolute Gasteiger partial charge is 0.450 e. The molecule has 0 atom stereocenters. The van der Waals surface area contributed by atoms with Crippen molar-refractivity contribution < 1.29 is 30.0 Å². The van der Waals surface area contributed by atoms with Gasteiger partial charge in [-0.25, -0.2) is 9.59 Å². The molecule has 24 heavy (non-hydrogen) atoms. The van der Waals surface area contributed by atoms with Gasteiger partial charge in [0.1, 0.15) is 0 Å². The van der Waals surface area contributed by atoms with E-state index in [0.717, 1.165) is 0 Å². The fourth-order valence-corrected chi connectivity index (χ4v) is 1.71. The van der Waals surface area contributed by atoms with Crippen LogP contribution in [0.15, 0.2) is 0 Å². The molecule has 6 nitrogen and oxygen atoms in total. The molecule has 148 valence electrons. The van der Waals surface area contributed by atoms with E-state index >= 15 is 0 Å². The zero-order valence-electron chi connectivity index (χ0n) is 16.1. The Bertz CT molecular complexity index is 188. The molecule has 0 rings (SSSR count). The van der Waals surface area contributed by atoms with Gasteiger partial charge < -0.3 is 20.4 Å². The van der Waals surface area contributed by atoms with Crippen molar-refractivity contribution in [3.05, 3.63) is 0 Å². The molecule has 0 aromatic carbocycles. The third kappa shape index (κ3) is 108. The second kappa shape index (κ2) is 33.2. The first kappa shape index (κ1) is 30.4. The maximum absolute atomic E-state index is 8.56. The van der Waals surface area contributed by atoms with E-state index in [0.29, 0.717) is 0 Å². The van der Waals surface area contributed by atoms with Gasteiger partial charge in [-0.1, -0.05) is 105 Å². The van der Waals surface area contributed by atoms with Gasteiger partial charge in [0.25, 0.3) is 0 Å². The molecule has 6 heteroatoms. The van der Waals surface area contributed by atoms with Gasteiger partial charge >= 0.3 is 12.3 Å². The fraction of sp³-hybridized carbons (Fsp3) is 0.889. The molecule has 0 aromatic heterocycles. The summed E-state index contributed by atoms with van der Waals surface area (Å²) in [6, 6.07) is 0. The van der Waals surface area contributed by atoms with Crippen LogP contribution in [0.1, 0.15) is 105 Å². The Balaban J connectivity index is -0.000000117. The van der Waals surface area contributed by atoms with Crippen LogP contribution in [0.2, 0.25) is 0 Å². The summed E-state index contributed by atoms with van der Waals surface area (Å²) < 4.78 is 0. The van der Waals surface area contributed by atoms with Crippen LogP contribution in [-0.4, -0.2) is 32.7 Å². The summed E-state index contributed by atoms with van der Waals surface area (Å²) in [5.41, 5.74) is 0. The highest BCUT2D eigenvalue weighted by molar-refractivity contribution is 5.53. The highest BCUT2D eigenvalue weighted by Crippen LogP contribution is 2.04. The average molecular weight is 353 g/mol. The number of unbranched alkanes of at least 4 members (excludes halogenated alkanes) is 10. The lowest BCUT2D eigenvalue weighted by Crippen LogP contribution is -1.81. The minimum absolute atomic E-state index is 1.36. The minimum atomic E-state index is -1.83. The largest absolute Gasteiger partial charge is 0.503 e. The van der Waals surface area contributed by atoms with Crippen LogP contribution in [0, 0.1) is 0 Å². The third-order valence-electron chi connectivity index (χ3n) is 2.91. The Kier molecular flexibility index (Phi) is 42.1.